The second kappa shape index (κ2) is 7.51. The SMILES string of the molecule is N#Cc1cnc(SCC(=O)Nc2sc3c(c2C#N)CCCC3)nc1N. The molecule has 0 saturated carbocycles. The van der Waals surface area contributed by atoms with E-state index in [0.29, 0.717) is 15.7 Å². The molecule has 0 saturated heterocycles. The Labute approximate surface area is 152 Å². The maximum atomic E-state index is 12.2. The summed E-state index contributed by atoms with van der Waals surface area (Å²) in [6.45, 7) is 0. The number of nitrogens with one attached hydrogen (secondary N) is 1. The fourth-order valence-electron chi connectivity index (χ4n) is 2.60. The first kappa shape index (κ1) is 17.2. The molecule has 3 rings (SSSR count). The van der Waals surface area contributed by atoms with E-state index in [2.05, 4.69) is 21.4 Å². The Morgan fingerprint density at radius 2 is 2.16 bits per heavy atom. The topological polar surface area (TPSA) is 128 Å². The highest BCUT2D eigenvalue weighted by atomic mass is 32.2. The highest BCUT2D eigenvalue weighted by Crippen LogP contribution is 2.37. The fourth-order valence-corrected chi connectivity index (χ4v) is 4.48. The van der Waals surface area contributed by atoms with Gasteiger partial charge in [0.1, 0.15) is 28.5 Å². The van der Waals surface area contributed by atoms with Crippen LogP contribution in [0.5, 0.6) is 0 Å². The maximum Gasteiger partial charge on any atom is 0.235 e. The molecule has 0 radical (unpaired) electrons. The first-order chi connectivity index (χ1) is 12.1. The Kier molecular flexibility index (Phi) is 5.17. The lowest BCUT2D eigenvalue weighted by Crippen LogP contribution is -2.14. The van der Waals surface area contributed by atoms with Crippen LogP contribution in [0.3, 0.4) is 0 Å². The van der Waals surface area contributed by atoms with Crippen LogP contribution in [-0.2, 0) is 17.6 Å². The summed E-state index contributed by atoms with van der Waals surface area (Å²) >= 11 is 2.62. The van der Waals surface area contributed by atoms with Crippen molar-refractivity contribution < 1.29 is 4.79 Å². The molecule has 7 nitrogen and oxygen atoms in total. The van der Waals surface area contributed by atoms with E-state index in [9.17, 15) is 10.1 Å². The minimum absolute atomic E-state index is 0.0955. The molecule has 1 amide bonds. The van der Waals surface area contributed by atoms with Crippen LogP contribution in [0.1, 0.15) is 34.4 Å². The molecule has 0 bridgehead atoms. The summed E-state index contributed by atoms with van der Waals surface area (Å²) < 4.78 is 0. The molecule has 1 aliphatic rings. The van der Waals surface area contributed by atoms with E-state index in [1.54, 1.807) is 0 Å². The number of nitrogen functional groups attached to an aromatic ring is 1. The molecule has 25 heavy (non-hydrogen) atoms. The molecule has 126 valence electrons. The Hall–Kier alpha value is -2.62. The first-order valence-electron chi connectivity index (χ1n) is 7.62. The summed E-state index contributed by atoms with van der Waals surface area (Å²) in [6.07, 6.45) is 5.41. The van der Waals surface area contributed by atoms with Gasteiger partial charge >= 0.3 is 0 Å². The number of fused-ring (bicyclic) bond motifs is 1. The van der Waals surface area contributed by atoms with Gasteiger partial charge in [-0.15, -0.1) is 11.3 Å². The number of aromatic nitrogens is 2. The van der Waals surface area contributed by atoms with Gasteiger partial charge in [-0.25, -0.2) is 9.97 Å². The molecule has 0 atom stereocenters. The van der Waals surface area contributed by atoms with Gasteiger partial charge in [0.2, 0.25) is 5.91 Å². The second-order valence-corrected chi connectivity index (χ2v) is 7.47. The standard InChI is InChI=1S/C16H14N6OS2/c17-5-9-7-20-16(22-14(9)19)24-8-13(23)21-15-11(6-18)10-3-1-2-4-12(10)25-15/h7H,1-4,8H2,(H,21,23)(H2,19,20,22). The van der Waals surface area contributed by atoms with E-state index in [1.165, 1.54) is 22.4 Å². The van der Waals surface area contributed by atoms with Gasteiger partial charge in [-0.05, 0) is 31.2 Å². The van der Waals surface area contributed by atoms with Crippen LogP contribution < -0.4 is 11.1 Å². The molecule has 0 aliphatic heterocycles. The molecule has 1 aliphatic carbocycles. The van der Waals surface area contributed by atoms with E-state index in [1.807, 2.05) is 6.07 Å². The minimum Gasteiger partial charge on any atom is -0.382 e. The zero-order valence-electron chi connectivity index (χ0n) is 13.2. The molecular weight excluding hydrogens is 356 g/mol. The Morgan fingerprint density at radius 1 is 1.36 bits per heavy atom. The number of rotatable bonds is 4. The summed E-state index contributed by atoms with van der Waals surface area (Å²) in [6, 6.07) is 4.11. The lowest BCUT2D eigenvalue weighted by molar-refractivity contribution is -0.113. The predicted molar refractivity (Wildman–Crippen MR) is 96.2 cm³/mol. The van der Waals surface area contributed by atoms with Crippen LogP contribution >= 0.6 is 23.1 Å². The third-order valence-electron chi connectivity index (χ3n) is 3.79. The third kappa shape index (κ3) is 3.73. The number of hydrogen-bond acceptors (Lipinski definition) is 8. The van der Waals surface area contributed by atoms with Crippen molar-refractivity contribution in [3.05, 3.63) is 27.8 Å². The highest BCUT2D eigenvalue weighted by molar-refractivity contribution is 7.99. The number of amides is 1. The molecule has 0 aromatic carbocycles. The van der Waals surface area contributed by atoms with Gasteiger partial charge in [-0.2, -0.15) is 10.5 Å². The zero-order valence-corrected chi connectivity index (χ0v) is 14.8. The number of carbonyl (C=O) groups is 1. The third-order valence-corrected chi connectivity index (χ3v) is 5.85. The van der Waals surface area contributed by atoms with Crippen molar-refractivity contribution in [2.45, 2.75) is 30.8 Å². The van der Waals surface area contributed by atoms with E-state index in [4.69, 9.17) is 11.0 Å². The number of carbonyl (C=O) groups excluding carboxylic acids is 1. The van der Waals surface area contributed by atoms with E-state index < -0.39 is 0 Å². The van der Waals surface area contributed by atoms with Crippen LogP contribution in [-0.4, -0.2) is 21.6 Å². The smallest absolute Gasteiger partial charge is 0.235 e. The minimum atomic E-state index is -0.230. The van der Waals surface area contributed by atoms with Crippen molar-refractivity contribution in [3.8, 4) is 12.1 Å². The molecule has 0 fully saturated rings. The lowest BCUT2D eigenvalue weighted by Gasteiger charge is -2.09. The Balaban J connectivity index is 1.66. The summed E-state index contributed by atoms with van der Waals surface area (Å²) in [7, 11) is 0. The van der Waals surface area contributed by atoms with Crippen LogP contribution in [0.25, 0.3) is 0 Å². The van der Waals surface area contributed by atoms with Crippen molar-refractivity contribution in [1.82, 2.24) is 9.97 Å². The van der Waals surface area contributed by atoms with Gasteiger partial charge in [0.05, 0.1) is 17.5 Å². The first-order valence-corrected chi connectivity index (χ1v) is 9.42. The monoisotopic (exact) mass is 370 g/mol. The van der Waals surface area contributed by atoms with Crippen LogP contribution in [0, 0.1) is 22.7 Å². The number of nitrogens with zero attached hydrogens (tertiary/aromatic N) is 4. The van der Waals surface area contributed by atoms with Crippen molar-refractivity contribution in [1.29, 1.82) is 10.5 Å². The quantitative estimate of drug-likeness (QED) is 0.625. The predicted octanol–water partition coefficient (Wildman–Crippen LogP) is 2.47. The summed E-state index contributed by atoms with van der Waals surface area (Å²) in [4.78, 5) is 21.4. The highest BCUT2D eigenvalue weighted by Gasteiger charge is 2.21. The molecule has 2 aromatic rings. The van der Waals surface area contributed by atoms with E-state index in [-0.39, 0.29) is 23.0 Å². The summed E-state index contributed by atoms with van der Waals surface area (Å²) in [5.41, 5.74) is 7.52. The Bertz CT molecular complexity index is 909. The molecule has 3 N–H and O–H groups in total. The molecule has 9 heteroatoms. The molecule has 2 heterocycles. The van der Waals surface area contributed by atoms with Gasteiger partial charge in [0, 0.05) is 4.88 Å². The van der Waals surface area contributed by atoms with Crippen molar-refractivity contribution in [2.24, 2.45) is 0 Å². The number of nitriles is 2. The maximum absolute atomic E-state index is 12.2. The average molecular weight is 370 g/mol. The Morgan fingerprint density at radius 3 is 2.88 bits per heavy atom. The van der Waals surface area contributed by atoms with Gasteiger partial charge in [0.25, 0.3) is 0 Å². The number of thioether (sulfide) groups is 1. The number of nitrogens with two attached hydrogens (primary N) is 1. The van der Waals surface area contributed by atoms with Gasteiger partial charge < -0.3 is 11.1 Å². The van der Waals surface area contributed by atoms with E-state index in [0.717, 1.165) is 43.0 Å². The van der Waals surface area contributed by atoms with Crippen molar-refractivity contribution >= 4 is 39.8 Å². The fraction of sp³-hybridized carbons (Fsp3) is 0.312. The van der Waals surface area contributed by atoms with Crippen LogP contribution in [0.2, 0.25) is 0 Å². The molecule has 2 aromatic heterocycles. The normalized spacial score (nSPS) is 12.7. The van der Waals surface area contributed by atoms with Gasteiger partial charge in [-0.1, -0.05) is 11.8 Å². The van der Waals surface area contributed by atoms with Crippen LogP contribution in [0.15, 0.2) is 11.4 Å². The van der Waals surface area contributed by atoms with Crippen LogP contribution in [0.4, 0.5) is 10.8 Å². The largest absolute Gasteiger partial charge is 0.382 e. The second-order valence-electron chi connectivity index (χ2n) is 5.43. The van der Waals surface area contributed by atoms with E-state index >= 15 is 0 Å². The average Bonchev–Trinajstić information content (AvgIpc) is 2.97. The van der Waals surface area contributed by atoms with Crippen molar-refractivity contribution in [3.63, 3.8) is 0 Å². The van der Waals surface area contributed by atoms with Gasteiger partial charge in [0.15, 0.2) is 5.16 Å². The zero-order chi connectivity index (χ0) is 17.8. The lowest BCUT2D eigenvalue weighted by atomic mass is 9.96. The number of hydrogen-bond donors (Lipinski definition) is 2. The molecular formula is C16H14N6OS2. The summed E-state index contributed by atoms with van der Waals surface area (Å²) in [5, 5.41) is 22.0. The molecule has 0 unspecified atom stereocenters. The number of thiophene rings is 1. The number of aryl methyl sites for hydroxylation is 1. The number of anilines is 2. The summed E-state index contributed by atoms with van der Waals surface area (Å²) in [5.74, 6) is -0.0385. The molecule has 0 spiro atoms. The van der Waals surface area contributed by atoms with Gasteiger partial charge in [-0.3, -0.25) is 4.79 Å². The van der Waals surface area contributed by atoms with Crippen molar-refractivity contribution in [2.75, 3.05) is 16.8 Å².